The fourth-order valence-corrected chi connectivity index (χ4v) is 3.75. The summed E-state index contributed by atoms with van der Waals surface area (Å²) in [6.45, 7) is 6.54. The molecule has 0 aromatic heterocycles. The molecule has 0 aliphatic rings. The predicted octanol–water partition coefficient (Wildman–Crippen LogP) is 4.50. The van der Waals surface area contributed by atoms with Crippen LogP contribution >= 0.6 is 0 Å². The number of nitrogens with two attached hydrogens (primary N) is 1. The normalized spacial score (nSPS) is 13.2. The first-order chi connectivity index (χ1) is 16.1. The van der Waals surface area contributed by atoms with Crippen molar-refractivity contribution in [2.75, 3.05) is 6.61 Å². The highest BCUT2D eigenvalue weighted by atomic mass is 16.6. The third-order valence-corrected chi connectivity index (χ3v) is 5.35. The van der Waals surface area contributed by atoms with Crippen molar-refractivity contribution < 1.29 is 24.2 Å². The minimum absolute atomic E-state index is 0.142. The fraction of sp³-hybridized carbons (Fsp3) is 0.333. The Bertz CT molecular complexity index is 1140. The molecule has 3 aromatic rings. The van der Waals surface area contributed by atoms with Crippen LogP contribution in [0.5, 0.6) is 5.75 Å². The van der Waals surface area contributed by atoms with Crippen LogP contribution in [-0.4, -0.2) is 46.3 Å². The van der Waals surface area contributed by atoms with E-state index in [-0.39, 0.29) is 12.4 Å². The molecule has 3 N–H and O–H groups in total. The van der Waals surface area contributed by atoms with E-state index in [4.69, 9.17) is 15.3 Å². The van der Waals surface area contributed by atoms with Gasteiger partial charge in [0, 0.05) is 0 Å². The van der Waals surface area contributed by atoms with Crippen molar-refractivity contribution in [3.8, 4) is 5.75 Å². The van der Waals surface area contributed by atoms with E-state index in [1.54, 1.807) is 26.8 Å². The molecule has 0 saturated carbocycles. The minimum atomic E-state index is -1.15. The van der Waals surface area contributed by atoms with Gasteiger partial charge in [-0.25, -0.2) is 15.6 Å². The van der Waals surface area contributed by atoms with Gasteiger partial charge in [0.15, 0.2) is 5.78 Å². The molecule has 0 spiro atoms. The molecule has 0 saturated heterocycles. The molecule has 180 valence electrons. The summed E-state index contributed by atoms with van der Waals surface area (Å²) in [6, 6.07) is 19.7. The topological polar surface area (TPSA) is 102 Å². The van der Waals surface area contributed by atoms with Crippen LogP contribution in [0.3, 0.4) is 0 Å². The highest BCUT2D eigenvalue weighted by Gasteiger charge is 2.32. The average Bonchev–Trinajstić information content (AvgIpc) is 2.79. The van der Waals surface area contributed by atoms with E-state index < -0.39 is 23.8 Å². The smallest absolute Gasteiger partial charge is 0.424 e. The SMILES string of the molecule is CC(=O)c1c(OC[C@@H](O)[C@H](Cc2ccccc2)N(N)C(=O)OC(C)(C)C)ccc2ccccc12. The predicted molar refractivity (Wildman–Crippen MR) is 132 cm³/mol. The molecule has 0 unspecified atom stereocenters. The highest BCUT2D eigenvalue weighted by molar-refractivity contribution is 6.09. The first kappa shape index (κ1) is 25.2. The van der Waals surface area contributed by atoms with Gasteiger partial charge in [-0.05, 0) is 56.5 Å². The summed E-state index contributed by atoms with van der Waals surface area (Å²) in [5.74, 6) is 6.35. The Kier molecular flexibility index (Phi) is 7.91. The van der Waals surface area contributed by atoms with Crippen LogP contribution in [0.4, 0.5) is 4.79 Å². The molecule has 3 rings (SSSR count). The summed E-state index contributed by atoms with van der Waals surface area (Å²) in [7, 11) is 0. The molecule has 7 heteroatoms. The van der Waals surface area contributed by atoms with Crippen molar-refractivity contribution in [3.63, 3.8) is 0 Å². The Morgan fingerprint density at radius 3 is 2.29 bits per heavy atom. The highest BCUT2D eigenvalue weighted by Crippen LogP contribution is 2.29. The molecule has 0 aliphatic carbocycles. The Balaban J connectivity index is 1.84. The average molecular weight is 465 g/mol. The van der Waals surface area contributed by atoms with Gasteiger partial charge in [-0.2, -0.15) is 0 Å². The zero-order chi connectivity index (χ0) is 24.9. The number of fused-ring (bicyclic) bond motifs is 1. The number of ketones is 1. The molecular formula is C27H32N2O5. The van der Waals surface area contributed by atoms with Gasteiger partial charge in [-0.1, -0.05) is 60.7 Å². The summed E-state index contributed by atoms with van der Waals surface area (Å²) in [6.07, 6.45) is -1.61. The molecular weight excluding hydrogens is 432 g/mol. The number of ether oxygens (including phenoxy) is 2. The number of amides is 1. The lowest BCUT2D eigenvalue weighted by Gasteiger charge is -2.33. The van der Waals surface area contributed by atoms with Crippen molar-refractivity contribution in [3.05, 3.63) is 77.9 Å². The van der Waals surface area contributed by atoms with Gasteiger partial charge < -0.3 is 14.6 Å². The quantitative estimate of drug-likeness (QED) is 0.220. The Hall–Kier alpha value is -3.42. The van der Waals surface area contributed by atoms with E-state index >= 15 is 0 Å². The van der Waals surface area contributed by atoms with Crippen LogP contribution in [0.1, 0.15) is 43.6 Å². The second kappa shape index (κ2) is 10.7. The number of Topliss-reactive ketones (excluding diaryl/α,β-unsaturated/α-hetero) is 1. The third kappa shape index (κ3) is 6.34. The molecule has 1 amide bonds. The first-order valence-electron chi connectivity index (χ1n) is 11.2. The van der Waals surface area contributed by atoms with Gasteiger partial charge in [-0.3, -0.25) is 4.79 Å². The molecule has 0 aliphatic heterocycles. The number of nitrogens with zero attached hydrogens (tertiary/aromatic N) is 1. The molecule has 34 heavy (non-hydrogen) atoms. The first-order valence-corrected chi connectivity index (χ1v) is 11.2. The van der Waals surface area contributed by atoms with Gasteiger partial charge >= 0.3 is 6.09 Å². The second-order valence-corrected chi connectivity index (χ2v) is 9.24. The molecule has 2 atom stereocenters. The molecule has 0 fully saturated rings. The van der Waals surface area contributed by atoms with Crippen LogP contribution in [0.2, 0.25) is 0 Å². The summed E-state index contributed by atoms with van der Waals surface area (Å²) < 4.78 is 11.3. The van der Waals surface area contributed by atoms with Crippen molar-refractivity contribution in [1.82, 2.24) is 5.01 Å². The van der Waals surface area contributed by atoms with Crippen LogP contribution < -0.4 is 10.6 Å². The minimum Gasteiger partial charge on any atom is -0.490 e. The molecule has 7 nitrogen and oxygen atoms in total. The maximum Gasteiger partial charge on any atom is 0.424 e. The van der Waals surface area contributed by atoms with Crippen LogP contribution in [-0.2, 0) is 11.2 Å². The van der Waals surface area contributed by atoms with Crippen LogP contribution in [0.15, 0.2) is 66.7 Å². The number of carbonyl (C=O) groups is 2. The van der Waals surface area contributed by atoms with E-state index in [1.807, 2.05) is 60.7 Å². The largest absolute Gasteiger partial charge is 0.490 e. The lowest BCUT2D eigenvalue weighted by molar-refractivity contribution is -0.0160. The van der Waals surface area contributed by atoms with Gasteiger partial charge in [-0.15, -0.1) is 0 Å². The number of rotatable bonds is 8. The maximum atomic E-state index is 12.6. The summed E-state index contributed by atoms with van der Waals surface area (Å²) in [5, 5.41) is 13.7. The molecule has 3 aromatic carbocycles. The molecule has 0 bridgehead atoms. The lowest BCUT2D eigenvalue weighted by Crippen LogP contribution is -2.55. The zero-order valence-corrected chi connectivity index (χ0v) is 20.0. The van der Waals surface area contributed by atoms with Crippen molar-refractivity contribution in [2.45, 2.75) is 51.9 Å². The summed E-state index contributed by atoms with van der Waals surface area (Å²) in [4.78, 5) is 25.0. The number of hydrogen-bond donors (Lipinski definition) is 2. The number of aliphatic hydroxyl groups excluding tert-OH is 1. The Labute approximate surface area is 200 Å². The Morgan fingerprint density at radius 2 is 1.65 bits per heavy atom. The lowest BCUT2D eigenvalue weighted by atomic mass is 10.00. The van der Waals surface area contributed by atoms with E-state index in [9.17, 15) is 14.7 Å². The third-order valence-electron chi connectivity index (χ3n) is 5.35. The number of hydrazine groups is 1. The van der Waals surface area contributed by atoms with Crippen LogP contribution in [0.25, 0.3) is 10.8 Å². The van der Waals surface area contributed by atoms with Crippen molar-refractivity contribution in [2.24, 2.45) is 5.84 Å². The summed E-state index contributed by atoms with van der Waals surface area (Å²) in [5.41, 5.74) is 0.594. The van der Waals surface area contributed by atoms with Gasteiger partial charge in [0.2, 0.25) is 0 Å². The second-order valence-electron chi connectivity index (χ2n) is 9.24. The van der Waals surface area contributed by atoms with E-state index in [0.717, 1.165) is 21.3 Å². The summed E-state index contributed by atoms with van der Waals surface area (Å²) >= 11 is 0. The molecule has 0 radical (unpaired) electrons. The monoisotopic (exact) mass is 464 g/mol. The van der Waals surface area contributed by atoms with E-state index in [1.165, 1.54) is 6.92 Å². The zero-order valence-electron chi connectivity index (χ0n) is 20.0. The van der Waals surface area contributed by atoms with Gasteiger partial charge in [0.05, 0.1) is 11.6 Å². The van der Waals surface area contributed by atoms with Crippen LogP contribution in [0, 0.1) is 0 Å². The van der Waals surface area contributed by atoms with Crippen molar-refractivity contribution in [1.29, 1.82) is 0 Å². The number of aliphatic hydroxyl groups is 1. The fourth-order valence-electron chi connectivity index (χ4n) is 3.75. The van der Waals surface area contributed by atoms with Crippen molar-refractivity contribution >= 4 is 22.6 Å². The standard InChI is InChI=1S/C27H32N2O5/c1-18(30)25-21-13-9-8-12-20(21)14-15-24(25)33-17-23(31)22(16-19-10-6-5-7-11-19)29(28)26(32)34-27(2,3)4/h5-15,22-23,31H,16-17,28H2,1-4H3/t22-,23+/m0/s1. The maximum absolute atomic E-state index is 12.6. The van der Waals surface area contributed by atoms with E-state index in [2.05, 4.69) is 0 Å². The Morgan fingerprint density at radius 1 is 1.00 bits per heavy atom. The number of benzene rings is 3. The molecule has 0 heterocycles. The number of hydrogen-bond acceptors (Lipinski definition) is 6. The van der Waals surface area contributed by atoms with E-state index in [0.29, 0.717) is 17.7 Å². The van der Waals surface area contributed by atoms with Gasteiger partial charge in [0.25, 0.3) is 0 Å². The van der Waals surface area contributed by atoms with Gasteiger partial charge in [0.1, 0.15) is 24.1 Å². The number of carbonyl (C=O) groups excluding carboxylic acids is 2.